The van der Waals surface area contributed by atoms with E-state index < -0.39 is 0 Å². The highest BCUT2D eigenvalue weighted by atomic mass is 16.7. The Labute approximate surface area is 71.0 Å². The van der Waals surface area contributed by atoms with E-state index in [2.05, 4.69) is 0 Å². The third kappa shape index (κ3) is 0.756. The zero-order valence-electron chi connectivity index (χ0n) is 6.91. The summed E-state index contributed by atoms with van der Waals surface area (Å²) in [4.78, 5) is 11.3. The molecule has 2 saturated carbocycles. The molecule has 0 aromatic rings. The Morgan fingerprint density at radius 2 is 2.08 bits per heavy atom. The molecule has 0 N–H and O–H groups in total. The molecule has 3 fully saturated rings. The predicted molar refractivity (Wildman–Crippen MR) is 40.5 cm³/mol. The van der Waals surface area contributed by atoms with Crippen LogP contribution in [0.1, 0.15) is 19.3 Å². The molecule has 2 unspecified atom stereocenters. The highest BCUT2D eigenvalue weighted by Crippen LogP contribution is 2.56. The van der Waals surface area contributed by atoms with E-state index >= 15 is 0 Å². The molecular weight excluding hydrogens is 156 g/mol. The molecule has 2 aliphatic carbocycles. The number of hydrogen-bond donors (Lipinski definition) is 0. The largest absolute Gasteiger partial charge is 0.347 e. The van der Waals surface area contributed by atoms with Crippen LogP contribution in [0.4, 0.5) is 0 Å². The van der Waals surface area contributed by atoms with Crippen molar-refractivity contribution in [2.45, 2.75) is 25.0 Å². The van der Waals surface area contributed by atoms with Gasteiger partial charge >= 0.3 is 0 Å². The van der Waals surface area contributed by atoms with Crippen molar-refractivity contribution in [3.8, 4) is 0 Å². The van der Waals surface area contributed by atoms with Gasteiger partial charge in [-0.05, 0) is 6.42 Å². The third-order valence-electron chi connectivity index (χ3n) is 3.26. The van der Waals surface area contributed by atoms with E-state index in [9.17, 15) is 4.79 Å². The molecule has 3 rings (SSSR count). The van der Waals surface area contributed by atoms with E-state index in [1.54, 1.807) is 0 Å². The van der Waals surface area contributed by atoms with Crippen LogP contribution >= 0.6 is 0 Å². The highest BCUT2D eigenvalue weighted by molar-refractivity contribution is 5.85. The molecule has 3 nitrogen and oxygen atoms in total. The summed E-state index contributed by atoms with van der Waals surface area (Å²) < 4.78 is 11.2. The number of rotatable bonds is 0. The van der Waals surface area contributed by atoms with Crippen molar-refractivity contribution in [3.63, 3.8) is 0 Å². The van der Waals surface area contributed by atoms with Gasteiger partial charge in [0.1, 0.15) is 5.78 Å². The molecule has 1 heterocycles. The van der Waals surface area contributed by atoms with Crippen molar-refractivity contribution in [2.24, 2.45) is 11.8 Å². The second-order valence-electron chi connectivity index (χ2n) is 3.92. The van der Waals surface area contributed by atoms with Crippen molar-refractivity contribution in [1.82, 2.24) is 0 Å². The van der Waals surface area contributed by atoms with Gasteiger partial charge in [0, 0.05) is 24.7 Å². The number of ketones is 1. The molecule has 0 aromatic carbocycles. The molecule has 3 heteroatoms. The zero-order valence-corrected chi connectivity index (χ0v) is 6.91. The van der Waals surface area contributed by atoms with Crippen molar-refractivity contribution < 1.29 is 14.3 Å². The molecule has 12 heavy (non-hydrogen) atoms. The highest BCUT2D eigenvalue weighted by Gasteiger charge is 2.61. The Balaban J connectivity index is 1.85. The zero-order chi connectivity index (χ0) is 8.18. The number of hydrogen-bond acceptors (Lipinski definition) is 3. The summed E-state index contributed by atoms with van der Waals surface area (Å²) >= 11 is 0. The standard InChI is InChI=1S/C9H12O3/c10-8-1-2-9(7-5-6(7)8)11-3-4-12-9/h6-7H,1-5H2. The van der Waals surface area contributed by atoms with Gasteiger partial charge in [0.2, 0.25) is 0 Å². The fourth-order valence-corrected chi connectivity index (χ4v) is 2.53. The summed E-state index contributed by atoms with van der Waals surface area (Å²) in [5, 5.41) is 0. The average molecular weight is 168 g/mol. The molecular formula is C9H12O3. The van der Waals surface area contributed by atoms with Gasteiger partial charge in [-0.2, -0.15) is 0 Å². The van der Waals surface area contributed by atoms with Crippen LogP contribution in [0.3, 0.4) is 0 Å². The SMILES string of the molecule is O=C1CCC2(OCCO2)C2CC12. The monoisotopic (exact) mass is 168 g/mol. The van der Waals surface area contributed by atoms with E-state index in [0.29, 0.717) is 31.3 Å². The number of carbonyl (C=O) groups excluding carboxylic acids is 1. The topological polar surface area (TPSA) is 35.5 Å². The van der Waals surface area contributed by atoms with Gasteiger partial charge in [-0.25, -0.2) is 0 Å². The molecule has 0 radical (unpaired) electrons. The quantitative estimate of drug-likeness (QED) is 0.535. The Hall–Kier alpha value is -0.410. The van der Waals surface area contributed by atoms with Crippen molar-refractivity contribution in [1.29, 1.82) is 0 Å². The summed E-state index contributed by atoms with van der Waals surface area (Å²) in [6, 6.07) is 0. The van der Waals surface area contributed by atoms with E-state index in [4.69, 9.17) is 9.47 Å². The summed E-state index contributed by atoms with van der Waals surface area (Å²) in [7, 11) is 0. The number of Topliss-reactive ketones (excluding diaryl/α,β-unsaturated/α-hetero) is 1. The van der Waals surface area contributed by atoms with Crippen LogP contribution < -0.4 is 0 Å². The Kier molecular flexibility index (Phi) is 1.23. The van der Waals surface area contributed by atoms with Crippen LogP contribution in [-0.4, -0.2) is 24.8 Å². The van der Waals surface area contributed by atoms with Crippen LogP contribution in [0.2, 0.25) is 0 Å². The lowest BCUT2D eigenvalue weighted by atomic mass is 9.93. The number of fused-ring (bicyclic) bond motifs is 2. The summed E-state index contributed by atoms with van der Waals surface area (Å²) in [6.45, 7) is 1.41. The minimum Gasteiger partial charge on any atom is -0.347 e. The lowest BCUT2D eigenvalue weighted by Crippen LogP contribution is -2.38. The maximum atomic E-state index is 11.3. The first kappa shape index (κ1) is 7.04. The Morgan fingerprint density at radius 3 is 2.83 bits per heavy atom. The molecule has 0 bridgehead atoms. The summed E-state index contributed by atoms with van der Waals surface area (Å²) in [5.41, 5.74) is 0. The molecule has 3 aliphatic rings. The van der Waals surface area contributed by atoms with Gasteiger partial charge in [-0.1, -0.05) is 0 Å². The first-order valence-corrected chi connectivity index (χ1v) is 4.62. The van der Waals surface area contributed by atoms with Crippen LogP contribution in [-0.2, 0) is 14.3 Å². The third-order valence-corrected chi connectivity index (χ3v) is 3.26. The smallest absolute Gasteiger partial charge is 0.172 e. The maximum Gasteiger partial charge on any atom is 0.172 e. The molecule has 66 valence electrons. The van der Waals surface area contributed by atoms with Crippen molar-refractivity contribution >= 4 is 5.78 Å². The minimum absolute atomic E-state index is 0.275. The van der Waals surface area contributed by atoms with Crippen molar-refractivity contribution in [3.05, 3.63) is 0 Å². The molecule has 1 saturated heterocycles. The number of carbonyl (C=O) groups is 1. The second-order valence-corrected chi connectivity index (χ2v) is 3.92. The van der Waals surface area contributed by atoms with E-state index in [-0.39, 0.29) is 11.7 Å². The fraction of sp³-hybridized carbons (Fsp3) is 0.889. The average Bonchev–Trinajstić information content (AvgIpc) is 2.77. The summed E-state index contributed by atoms with van der Waals surface area (Å²) in [6.07, 6.45) is 2.44. The van der Waals surface area contributed by atoms with Gasteiger partial charge in [0.05, 0.1) is 13.2 Å². The van der Waals surface area contributed by atoms with Gasteiger partial charge in [-0.15, -0.1) is 0 Å². The normalized spacial score (nSPS) is 43.2. The second kappa shape index (κ2) is 2.09. The molecule has 0 amide bonds. The van der Waals surface area contributed by atoms with E-state index in [0.717, 1.165) is 12.8 Å². The maximum absolute atomic E-state index is 11.3. The van der Waals surface area contributed by atoms with Gasteiger partial charge < -0.3 is 9.47 Å². The van der Waals surface area contributed by atoms with E-state index in [1.165, 1.54) is 0 Å². The van der Waals surface area contributed by atoms with E-state index in [1.807, 2.05) is 0 Å². The van der Waals surface area contributed by atoms with Crippen LogP contribution in [0.15, 0.2) is 0 Å². The molecule has 2 atom stereocenters. The minimum atomic E-state index is -0.335. The predicted octanol–water partition coefficient (Wildman–Crippen LogP) is 0.728. The Bertz CT molecular complexity index is 230. The van der Waals surface area contributed by atoms with Crippen molar-refractivity contribution in [2.75, 3.05) is 13.2 Å². The summed E-state index contributed by atoms with van der Waals surface area (Å²) in [5.74, 6) is 0.751. The first-order valence-electron chi connectivity index (χ1n) is 4.62. The lowest BCUT2D eigenvalue weighted by molar-refractivity contribution is -0.190. The molecule has 0 aromatic heterocycles. The lowest BCUT2D eigenvalue weighted by Gasteiger charge is -2.30. The fourth-order valence-electron chi connectivity index (χ4n) is 2.53. The first-order chi connectivity index (χ1) is 5.82. The van der Waals surface area contributed by atoms with Gasteiger partial charge in [0.15, 0.2) is 5.79 Å². The van der Waals surface area contributed by atoms with Crippen LogP contribution in [0.5, 0.6) is 0 Å². The molecule has 1 spiro atoms. The van der Waals surface area contributed by atoms with Crippen LogP contribution in [0, 0.1) is 11.8 Å². The van der Waals surface area contributed by atoms with Crippen LogP contribution in [0.25, 0.3) is 0 Å². The molecule has 1 aliphatic heterocycles. The number of ether oxygens (including phenoxy) is 2. The van der Waals surface area contributed by atoms with Gasteiger partial charge in [0.25, 0.3) is 0 Å². The van der Waals surface area contributed by atoms with Gasteiger partial charge in [-0.3, -0.25) is 4.79 Å². The Morgan fingerprint density at radius 1 is 1.33 bits per heavy atom.